The van der Waals surface area contributed by atoms with Gasteiger partial charge in [-0.05, 0) is 55.7 Å². The second kappa shape index (κ2) is 6.72. The molecule has 0 saturated carbocycles. The molecule has 0 aromatic heterocycles. The molecule has 2 aromatic rings. The van der Waals surface area contributed by atoms with E-state index in [1.807, 2.05) is 57.2 Å². The van der Waals surface area contributed by atoms with E-state index in [9.17, 15) is 4.79 Å². The van der Waals surface area contributed by atoms with Gasteiger partial charge in [-0.25, -0.2) is 4.79 Å². The van der Waals surface area contributed by atoms with Crippen molar-refractivity contribution >= 4 is 28.0 Å². The van der Waals surface area contributed by atoms with Crippen molar-refractivity contribution in [2.45, 2.75) is 20.8 Å². The van der Waals surface area contributed by atoms with E-state index in [1.165, 1.54) is 11.6 Å². The first-order chi connectivity index (χ1) is 9.95. The van der Waals surface area contributed by atoms with E-state index < -0.39 is 0 Å². The van der Waals surface area contributed by atoms with E-state index in [0.717, 1.165) is 21.2 Å². The van der Waals surface area contributed by atoms with Crippen LogP contribution in [-0.4, -0.2) is 5.97 Å². The molecule has 0 amide bonds. The summed E-state index contributed by atoms with van der Waals surface area (Å²) in [6.45, 7) is 5.87. The van der Waals surface area contributed by atoms with Crippen molar-refractivity contribution in [3.63, 3.8) is 0 Å². The van der Waals surface area contributed by atoms with Gasteiger partial charge in [0.2, 0.25) is 0 Å². The Morgan fingerprint density at radius 3 is 2.19 bits per heavy atom. The maximum atomic E-state index is 11.9. The number of halogens is 1. The highest BCUT2D eigenvalue weighted by Gasteiger charge is 2.08. The molecule has 0 aliphatic carbocycles. The van der Waals surface area contributed by atoms with Crippen LogP contribution >= 0.6 is 15.9 Å². The molecule has 0 fully saturated rings. The lowest BCUT2D eigenvalue weighted by Crippen LogP contribution is -2.06. The van der Waals surface area contributed by atoms with Gasteiger partial charge >= 0.3 is 5.97 Å². The monoisotopic (exact) mass is 344 g/mol. The zero-order valence-corrected chi connectivity index (χ0v) is 13.9. The third-order valence-electron chi connectivity index (χ3n) is 3.12. The first-order valence-corrected chi connectivity index (χ1v) is 7.48. The van der Waals surface area contributed by atoms with Crippen molar-refractivity contribution in [2.24, 2.45) is 0 Å². The standard InChI is InChI=1S/C18H17BrO2/c1-12-4-6-15(7-5-12)8-9-17(20)21-18-13(2)10-16(19)11-14(18)3/h4-11H,1-3H3. The minimum absolute atomic E-state index is 0.371. The smallest absolute Gasteiger partial charge is 0.336 e. The minimum atomic E-state index is -0.371. The van der Waals surface area contributed by atoms with Crippen LogP contribution in [0.2, 0.25) is 0 Å². The average Bonchev–Trinajstić information content (AvgIpc) is 2.42. The number of rotatable bonds is 3. The third kappa shape index (κ3) is 4.30. The summed E-state index contributed by atoms with van der Waals surface area (Å²) >= 11 is 3.43. The van der Waals surface area contributed by atoms with E-state index >= 15 is 0 Å². The van der Waals surface area contributed by atoms with Gasteiger partial charge in [-0.3, -0.25) is 0 Å². The number of ether oxygens (including phenoxy) is 1. The number of carbonyl (C=O) groups is 1. The average molecular weight is 345 g/mol. The number of benzene rings is 2. The molecule has 0 atom stereocenters. The molecule has 0 saturated heterocycles. The Labute approximate surface area is 133 Å². The largest absolute Gasteiger partial charge is 0.423 e. The highest BCUT2D eigenvalue weighted by molar-refractivity contribution is 9.10. The van der Waals surface area contributed by atoms with Crippen molar-refractivity contribution in [1.82, 2.24) is 0 Å². The minimum Gasteiger partial charge on any atom is -0.423 e. The Balaban J connectivity index is 2.10. The van der Waals surface area contributed by atoms with Gasteiger partial charge in [0.25, 0.3) is 0 Å². The molecule has 0 N–H and O–H groups in total. The fourth-order valence-corrected chi connectivity index (χ4v) is 2.72. The fourth-order valence-electron chi connectivity index (χ4n) is 2.03. The van der Waals surface area contributed by atoms with Crippen LogP contribution in [0.1, 0.15) is 22.3 Å². The van der Waals surface area contributed by atoms with Crippen LogP contribution in [0.5, 0.6) is 5.75 Å². The van der Waals surface area contributed by atoms with E-state index in [-0.39, 0.29) is 5.97 Å². The molecule has 0 heterocycles. The Morgan fingerprint density at radius 1 is 1.05 bits per heavy atom. The number of hydrogen-bond donors (Lipinski definition) is 0. The van der Waals surface area contributed by atoms with Gasteiger partial charge in [0.15, 0.2) is 0 Å². The second-order valence-electron chi connectivity index (χ2n) is 5.03. The van der Waals surface area contributed by atoms with Gasteiger partial charge in [-0.15, -0.1) is 0 Å². The molecule has 2 aromatic carbocycles. The van der Waals surface area contributed by atoms with E-state index in [2.05, 4.69) is 15.9 Å². The van der Waals surface area contributed by atoms with E-state index in [1.54, 1.807) is 6.08 Å². The van der Waals surface area contributed by atoms with Gasteiger partial charge in [0.1, 0.15) is 5.75 Å². The van der Waals surface area contributed by atoms with Crippen LogP contribution in [0.4, 0.5) is 0 Å². The summed E-state index contributed by atoms with van der Waals surface area (Å²) in [5.74, 6) is 0.251. The van der Waals surface area contributed by atoms with Crippen molar-refractivity contribution in [2.75, 3.05) is 0 Å². The Hall–Kier alpha value is -1.87. The number of aryl methyl sites for hydroxylation is 3. The molecule has 21 heavy (non-hydrogen) atoms. The summed E-state index contributed by atoms with van der Waals surface area (Å²) < 4.78 is 6.41. The maximum Gasteiger partial charge on any atom is 0.336 e. The first kappa shape index (κ1) is 15.5. The molecular formula is C18H17BrO2. The molecule has 0 bridgehead atoms. The first-order valence-electron chi connectivity index (χ1n) is 6.69. The Bertz CT molecular complexity index is 662. The van der Waals surface area contributed by atoms with Crippen LogP contribution in [0.3, 0.4) is 0 Å². The van der Waals surface area contributed by atoms with Gasteiger partial charge in [-0.1, -0.05) is 45.8 Å². The Kier molecular flexibility index (Phi) is 4.97. The van der Waals surface area contributed by atoms with Crippen molar-refractivity contribution in [3.05, 3.63) is 69.2 Å². The molecule has 0 aliphatic heterocycles. The number of hydrogen-bond acceptors (Lipinski definition) is 2. The molecule has 2 nitrogen and oxygen atoms in total. The highest BCUT2D eigenvalue weighted by Crippen LogP contribution is 2.27. The fraction of sp³-hybridized carbons (Fsp3) is 0.167. The van der Waals surface area contributed by atoms with E-state index in [0.29, 0.717) is 5.75 Å². The van der Waals surface area contributed by atoms with Crippen LogP contribution in [0, 0.1) is 20.8 Å². The molecule has 3 heteroatoms. The lowest BCUT2D eigenvalue weighted by Gasteiger charge is -2.09. The maximum absolute atomic E-state index is 11.9. The van der Waals surface area contributed by atoms with Gasteiger partial charge < -0.3 is 4.74 Å². The lowest BCUT2D eigenvalue weighted by molar-refractivity contribution is -0.129. The zero-order chi connectivity index (χ0) is 15.4. The van der Waals surface area contributed by atoms with Crippen molar-refractivity contribution in [1.29, 1.82) is 0 Å². The van der Waals surface area contributed by atoms with Crippen molar-refractivity contribution < 1.29 is 9.53 Å². The van der Waals surface area contributed by atoms with Crippen LogP contribution in [0.15, 0.2) is 46.9 Å². The summed E-state index contributed by atoms with van der Waals surface area (Å²) in [6, 6.07) is 11.8. The Morgan fingerprint density at radius 2 is 1.62 bits per heavy atom. The van der Waals surface area contributed by atoms with Gasteiger partial charge in [0.05, 0.1) is 0 Å². The summed E-state index contributed by atoms with van der Waals surface area (Å²) in [6.07, 6.45) is 3.21. The molecular weight excluding hydrogens is 328 g/mol. The molecule has 2 rings (SSSR count). The van der Waals surface area contributed by atoms with Crippen LogP contribution in [0.25, 0.3) is 6.08 Å². The summed E-state index contributed by atoms with van der Waals surface area (Å²) in [4.78, 5) is 11.9. The van der Waals surface area contributed by atoms with Crippen LogP contribution in [-0.2, 0) is 4.79 Å². The third-order valence-corrected chi connectivity index (χ3v) is 3.57. The predicted molar refractivity (Wildman–Crippen MR) is 89.5 cm³/mol. The second-order valence-corrected chi connectivity index (χ2v) is 5.95. The molecule has 108 valence electrons. The molecule has 0 spiro atoms. The number of carbonyl (C=O) groups excluding carboxylic acids is 1. The SMILES string of the molecule is Cc1ccc(C=CC(=O)Oc2c(C)cc(Br)cc2C)cc1. The van der Waals surface area contributed by atoms with E-state index in [4.69, 9.17) is 4.74 Å². The molecule has 0 radical (unpaired) electrons. The summed E-state index contributed by atoms with van der Waals surface area (Å²) in [5, 5.41) is 0. The highest BCUT2D eigenvalue weighted by atomic mass is 79.9. The molecule has 0 unspecified atom stereocenters. The lowest BCUT2D eigenvalue weighted by atomic mass is 10.1. The van der Waals surface area contributed by atoms with Crippen LogP contribution < -0.4 is 4.74 Å². The predicted octanol–water partition coefficient (Wildman–Crippen LogP) is 4.99. The molecule has 0 aliphatic rings. The van der Waals surface area contributed by atoms with Gasteiger partial charge in [-0.2, -0.15) is 0 Å². The summed E-state index contributed by atoms with van der Waals surface area (Å²) in [5.41, 5.74) is 4.02. The number of esters is 1. The zero-order valence-electron chi connectivity index (χ0n) is 12.3. The van der Waals surface area contributed by atoms with Gasteiger partial charge in [0, 0.05) is 10.5 Å². The summed E-state index contributed by atoms with van der Waals surface area (Å²) in [7, 11) is 0. The van der Waals surface area contributed by atoms with Crippen molar-refractivity contribution in [3.8, 4) is 5.75 Å². The topological polar surface area (TPSA) is 26.3 Å². The quantitative estimate of drug-likeness (QED) is 0.445. The normalized spacial score (nSPS) is 10.9.